The molecule has 1 aromatic rings. The number of hydrogen-bond donors (Lipinski definition) is 1. The minimum absolute atomic E-state index is 0.0214. The molecule has 1 atom stereocenters. The van der Waals surface area contributed by atoms with Crippen molar-refractivity contribution in [1.29, 1.82) is 0 Å². The van der Waals surface area contributed by atoms with Gasteiger partial charge in [-0.05, 0) is 18.8 Å². The summed E-state index contributed by atoms with van der Waals surface area (Å²) in [6.07, 6.45) is 1.44. The smallest absolute Gasteiger partial charge is 0.167 e. The highest BCUT2D eigenvalue weighted by molar-refractivity contribution is 5.99. The van der Waals surface area contributed by atoms with Gasteiger partial charge >= 0.3 is 0 Å². The Morgan fingerprint density at radius 1 is 1.44 bits per heavy atom. The maximum atomic E-state index is 12.1. The minimum Gasteiger partial charge on any atom is -0.323 e. The third kappa shape index (κ3) is 1.67. The third-order valence-corrected chi connectivity index (χ3v) is 3.16. The molecule has 0 saturated heterocycles. The molecule has 4 nitrogen and oxygen atoms in total. The van der Waals surface area contributed by atoms with Gasteiger partial charge in [-0.15, -0.1) is 0 Å². The highest BCUT2D eigenvalue weighted by atomic mass is 16.1. The Hall–Kier alpha value is -1.16. The van der Waals surface area contributed by atoms with Crippen LogP contribution in [0.1, 0.15) is 55.0 Å². The lowest BCUT2D eigenvalue weighted by atomic mass is 9.75. The molecular formula is C12H19N3O. The molecule has 2 rings (SSSR count). The summed E-state index contributed by atoms with van der Waals surface area (Å²) < 4.78 is 1.76. The topological polar surface area (TPSA) is 60.9 Å². The molecule has 0 saturated carbocycles. The van der Waals surface area contributed by atoms with Gasteiger partial charge in [0.25, 0.3) is 0 Å². The molecular weight excluding hydrogens is 202 g/mol. The van der Waals surface area contributed by atoms with Crippen molar-refractivity contribution in [1.82, 2.24) is 9.78 Å². The maximum absolute atomic E-state index is 12.1. The van der Waals surface area contributed by atoms with Crippen molar-refractivity contribution in [3.8, 4) is 0 Å². The fourth-order valence-corrected chi connectivity index (χ4v) is 2.58. The predicted molar refractivity (Wildman–Crippen MR) is 62.2 cm³/mol. The monoisotopic (exact) mass is 221 g/mol. The first-order valence-electron chi connectivity index (χ1n) is 5.66. The van der Waals surface area contributed by atoms with Crippen LogP contribution in [0.3, 0.4) is 0 Å². The highest BCUT2D eigenvalue weighted by Crippen LogP contribution is 2.36. The average Bonchev–Trinajstić information content (AvgIpc) is 2.38. The summed E-state index contributed by atoms with van der Waals surface area (Å²) in [5.41, 5.74) is 8.48. The van der Waals surface area contributed by atoms with Crippen LogP contribution in [0.4, 0.5) is 0 Å². The molecule has 0 fully saturated rings. The lowest BCUT2D eigenvalue weighted by Gasteiger charge is -2.27. The van der Waals surface area contributed by atoms with Crippen LogP contribution in [0.5, 0.6) is 0 Å². The molecule has 0 amide bonds. The van der Waals surface area contributed by atoms with Crippen LogP contribution < -0.4 is 5.73 Å². The summed E-state index contributed by atoms with van der Waals surface area (Å²) >= 11 is 0. The largest absolute Gasteiger partial charge is 0.323 e. The number of nitrogens with two attached hydrogens (primary N) is 1. The molecule has 1 aliphatic carbocycles. The number of carbonyl (C=O) groups is 1. The van der Waals surface area contributed by atoms with Crippen molar-refractivity contribution in [3.05, 3.63) is 17.0 Å². The summed E-state index contributed by atoms with van der Waals surface area (Å²) in [6, 6.07) is -0.147. The van der Waals surface area contributed by atoms with Crippen molar-refractivity contribution < 1.29 is 4.79 Å². The summed E-state index contributed by atoms with van der Waals surface area (Å²) in [7, 11) is 1.86. The zero-order valence-corrected chi connectivity index (χ0v) is 10.4. The first-order chi connectivity index (χ1) is 7.32. The van der Waals surface area contributed by atoms with E-state index in [4.69, 9.17) is 5.73 Å². The third-order valence-electron chi connectivity index (χ3n) is 3.16. The van der Waals surface area contributed by atoms with Gasteiger partial charge in [-0.1, -0.05) is 13.8 Å². The van der Waals surface area contributed by atoms with Gasteiger partial charge in [-0.3, -0.25) is 9.48 Å². The zero-order valence-electron chi connectivity index (χ0n) is 10.4. The number of ketones is 1. The maximum Gasteiger partial charge on any atom is 0.167 e. The molecule has 88 valence electrons. The van der Waals surface area contributed by atoms with Crippen LogP contribution in [-0.2, 0) is 13.5 Å². The lowest BCUT2D eigenvalue weighted by Crippen LogP contribution is -2.27. The molecule has 1 aromatic heterocycles. The lowest BCUT2D eigenvalue weighted by molar-refractivity contribution is 0.0910. The van der Waals surface area contributed by atoms with Crippen LogP contribution >= 0.6 is 0 Å². The Balaban J connectivity index is 2.57. The van der Waals surface area contributed by atoms with Gasteiger partial charge in [0.15, 0.2) is 5.78 Å². The number of nitrogens with zero attached hydrogens (tertiary/aromatic N) is 2. The molecule has 2 N–H and O–H groups in total. The minimum atomic E-state index is -0.147. The van der Waals surface area contributed by atoms with E-state index in [1.807, 2.05) is 14.0 Å². The Bertz CT molecular complexity index is 443. The second-order valence-electron chi connectivity index (χ2n) is 5.56. The highest BCUT2D eigenvalue weighted by Gasteiger charge is 2.36. The van der Waals surface area contributed by atoms with Crippen LogP contribution in [0.25, 0.3) is 0 Å². The quantitative estimate of drug-likeness (QED) is 0.783. The molecule has 1 aliphatic rings. The molecule has 0 radical (unpaired) electrons. The van der Waals surface area contributed by atoms with Gasteiger partial charge < -0.3 is 5.73 Å². The number of aromatic nitrogens is 2. The number of carbonyl (C=O) groups excluding carboxylic acids is 1. The number of hydrogen-bond acceptors (Lipinski definition) is 3. The van der Waals surface area contributed by atoms with E-state index in [2.05, 4.69) is 18.9 Å². The molecule has 1 unspecified atom stereocenters. The van der Waals surface area contributed by atoms with E-state index in [0.29, 0.717) is 6.42 Å². The Morgan fingerprint density at radius 3 is 2.62 bits per heavy atom. The second-order valence-corrected chi connectivity index (χ2v) is 5.56. The van der Waals surface area contributed by atoms with Crippen molar-refractivity contribution in [2.24, 2.45) is 18.2 Å². The summed E-state index contributed by atoms with van der Waals surface area (Å²) in [6.45, 7) is 6.10. The molecule has 0 spiro atoms. The number of fused-ring (bicyclic) bond motifs is 1. The van der Waals surface area contributed by atoms with Crippen molar-refractivity contribution >= 4 is 5.78 Å². The van der Waals surface area contributed by atoms with Crippen LogP contribution in [-0.4, -0.2) is 15.6 Å². The SMILES string of the molecule is CC(N)c1c2c(nn1C)CC(C)(C)CC2=O. The zero-order chi connectivity index (χ0) is 12.1. The van der Waals surface area contributed by atoms with E-state index < -0.39 is 0 Å². The van der Waals surface area contributed by atoms with Crippen LogP contribution in [0.15, 0.2) is 0 Å². The molecule has 16 heavy (non-hydrogen) atoms. The standard InChI is InChI=1S/C12H19N3O/c1-7(13)11-10-8(14-15(11)4)5-12(2,3)6-9(10)16/h7H,5-6,13H2,1-4H3. The number of aryl methyl sites for hydroxylation is 1. The number of Topliss-reactive ketones (excluding diaryl/α,β-unsaturated/α-hetero) is 1. The Labute approximate surface area is 95.8 Å². The van der Waals surface area contributed by atoms with E-state index in [0.717, 1.165) is 23.4 Å². The Morgan fingerprint density at radius 2 is 2.06 bits per heavy atom. The van der Waals surface area contributed by atoms with Crippen LogP contribution in [0, 0.1) is 5.41 Å². The Kier molecular flexibility index (Phi) is 2.42. The average molecular weight is 221 g/mol. The molecule has 0 bridgehead atoms. The number of rotatable bonds is 1. The first-order valence-corrected chi connectivity index (χ1v) is 5.66. The summed E-state index contributed by atoms with van der Waals surface area (Å²) in [5.74, 6) is 0.187. The fraction of sp³-hybridized carbons (Fsp3) is 0.667. The molecule has 0 aromatic carbocycles. The van der Waals surface area contributed by atoms with Gasteiger partial charge in [0.2, 0.25) is 0 Å². The first kappa shape index (κ1) is 11.3. The van der Waals surface area contributed by atoms with E-state index in [-0.39, 0.29) is 17.2 Å². The van der Waals surface area contributed by atoms with E-state index in [9.17, 15) is 4.79 Å². The molecule has 4 heteroatoms. The summed E-state index contributed by atoms with van der Waals surface area (Å²) in [4.78, 5) is 12.1. The summed E-state index contributed by atoms with van der Waals surface area (Å²) in [5, 5.41) is 4.43. The van der Waals surface area contributed by atoms with Gasteiger partial charge in [0.05, 0.1) is 17.0 Å². The van der Waals surface area contributed by atoms with E-state index in [1.165, 1.54) is 0 Å². The van der Waals surface area contributed by atoms with Gasteiger partial charge in [-0.25, -0.2) is 0 Å². The van der Waals surface area contributed by atoms with Crippen LogP contribution in [0.2, 0.25) is 0 Å². The normalized spacial score (nSPS) is 20.7. The fourth-order valence-electron chi connectivity index (χ4n) is 2.58. The van der Waals surface area contributed by atoms with Gasteiger partial charge in [0, 0.05) is 19.5 Å². The van der Waals surface area contributed by atoms with E-state index >= 15 is 0 Å². The van der Waals surface area contributed by atoms with Crippen molar-refractivity contribution in [3.63, 3.8) is 0 Å². The second kappa shape index (κ2) is 3.42. The van der Waals surface area contributed by atoms with E-state index in [1.54, 1.807) is 4.68 Å². The molecule has 0 aliphatic heterocycles. The van der Waals surface area contributed by atoms with Gasteiger partial charge in [0.1, 0.15) is 0 Å². The van der Waals surface area contributed by atoms with Crippen molar-refractivity contribution in [2.75, 3.05) is 0 Å². The molecule has 1 heterocycles. The van der Waals surface area contributed by atoms with Crippen molar-refractivity contribution in [2.45, 2.75) is 39.7 Å². The predicted octanol–water partition coefficient (Wildman–Crippen LogP) is 1.59. The van der Waals surface area contributed by atoms with Gasteiger partial charge in [-0.2, -0.15) is 5.10 Å².